The van der Waals surface area contributed by atoms with Crippen LogP contribution in [0.25, 0.3) is 0 Å². The van der Waals surface area contributed by atoms with Gasteiger partial charge in [0.15, 0.2) is 0 Å². The van der Waals surface area contributed by atoms with Crippen LogP contribution in [0.15, 0.2) is 54.6 Å². The van der Waals surface area contributed by atoms with E-state index in [1.165, 1.54) is 5.56 Å². The van der Waals surface area contributed by atoms with Crippen LogP contribution in [0.5, 0.6) is 0 Å². The summed E-state index contributed by atoms with van der Waals surface area (Å²) in [6.07, 6.45) is 0.920. The van der Waals surface area contributed by atoms with Gasteiger partial charge in [0.1, 0.15) is 0 Å². The van der Waals surface area contributed by atoms with Gasteiger partial charge >= 0.3 is 6.03 Å². The molecule has 2 amide bonds. The van der Waals surface area contributed by atoms with Crippen molar-refractivity contribution < 1.29 is 4.79 Å². The van der Waals surface area contributed by atoms with E-state index < -0.39 is 0 Å². The van der Waals surface area contributed by atoms with Crippen molar-refractivity contribution in [2.24, 2.45) is 0 Å². The first-order valence-electron chi connectivity index (χ1n) is 7.39. The molecule has 1 heterocycles. The van der Waals surface area contributed by atoms with Gasteiger partial charge in [-0.1, -0.05) is 48.5 Å². The molecule has 1 aliphatic rings. The molecular formula is C18H20N2O. The highest BCUT2D eigenvalue weighted by atomic mass is 16.2. The summed E-state index contributed by atoms with van der Waals surface area (Å²) >= 11 is 0. The first-order chi connectivity index (χ1) is 10.2. The highest BCUT2D eigenvalue weighted by Crippen LogP contribution is 2.32. The van der Waals surface area contributed by atoms with Gasteiger partial charge in [-0.15, -0.1) is 0 Å². The summed E-state index contributed by atoms with van der Waals surface area (Å²) in [4.78, 5) is 14.5. The number of anilines is 1. The number of nitrogens with zero attached hydrogens (tertiary/aromatic N) is 1. The van der Waals surface area contributed by atoms with Gasteiger partial charge in [0, 0.05) is 11.7 Å². The number of para-hydroxylation sites is 1. The van der Waals surface area contributed by atoms with Crippen molar-refractivity contribution in [3.63, 3.8) is 0 Å². The molecule has 3 rings (SSSR count). The van der Waals surface area contributed by atoms with Gasteiger partial charge in [-0.2, -0.15) is 0 Å². The number of hydrogen-bond acceptors (Lipinski definition) is 1. The summed E-state index contributed by atoms with van der Waals surface area (Å²) in [5.41, 5.74) is 3.39. The van der Waals surface area contributed by atoms with Crippen LogP contribution in [0, 0.1) is 0 Å². The predicted octanol–water partition coefficient (Wildman–Crippen LogP) is 3.91. The van der Waals surface area contributed by atoms with E-state index in [9.17, 15) is 4.79 Å². The van der Waals surface area contributed by atoms with Gasteiger partial charge in [-0.25, -0.2) is 4.79 Å². The first kappa shape index (κ1) is 13.7. The number of fused-ring (bicyclic) bond motifs is 1. The number of carbonyl (C=O) groups is 1. The summed E-state index contributed by atoms with van der Waals surface area (Å²) in [5.74, 6) is 0. The molecule has 0 fully saturated rings. The van der Waals surface area contributed by atoms with Crippen LogP contribution < -0.4 is 10.2 Å². The zero-order chi connectivity index (χ0) is 14.8. The Morgan fingerprint density at radius 1 is 1.14 bits per heavy atom. The van der Waals surface area contributed by atoms with Crippen LogP contribution in [0.1, 0.15) is 31.0 Å². The summed E-state index contributed by atoms with van der Waals surface area (Å²) in [5, 5.41) is 3.10. The van der Waals surface area contributed by atoms with E-state index >= 15 is 0 Å². The topological polar surface area (TPSA) is 32.3 Å². The average molecular weight is 280 g/mol. The molecule has 0 saturated heterocycles. The quantitative estimate of drug-likeness (QED) is 0.888. The summed E-state index contributed by atoms with van der Waals surface area (Å²) < 4.78 is 0. The monoisotopic (exact) mass is 280 g/mol. The highest BCUT2D eigenvalue weighted by Gasteiger charge is 2.31. The molecular weight excluding hydrogens is 260 g/mol. The Morgan fingerprint density at radius 3 is 2.57 bits per heavy atom. The molecule has 1 N–H and O–H groups in total. The van der Waals surface area contributed by atoms with E-state index in [2.05, 4.69) is 18.3 Å². The lowest BCUT2D eigenvalue weighted by molar-refractivity contribution is 0.242. The van der Waals surface area contributed by atoms with Crippen LogP contribution in [-0.4, -0.2) is 12.1 Å². The summed E-state index contributed by atoms with van der Waals surface area (Å²) in [7, 11) is 0. The molecule has 0 bridgehead atoms. The number of nitrogens with one attached hydrogen (secondary N) is 1. The Labute approximate surface area is 125 Å². The zero-order valence-corrected chi connectivity index (χ0v) is 12.4. The van der Waals surface area contributed by atoms with Crippen LogP contribution in [-0.2, 0) is 6.42 Å². The molecule has 21 heavy (non-hydrogen) atoms. The molecule has 108 valence electrons. The average Bonchev–Trinajstić information content (AvgIpc) is 2.83. The van der Waals surface area contributed by atoms with Crippen molar-refractivity contribution >= 4 is 11.7 Å². The minimum absolute atomic E-state index is 0.00124. The molecule has 0 aliphatic carbocycles. The van der Waals surface area contributed by atoms with Gasteiger partial charge in [0.25, 0.3) is 0 Å². The lowest BCUT2D eigenvalue weighted by atomic mass is 10.1. The van der Waals surface area contributed by atoms with Crippen molar-refractivity contribution in [1.82, 2.24) is 5.32 Å². The number of rotatable bonds is 2. The number of urea groups is 1. The fourth-order valence-electron chi connectivity index (χ4n) is 2.95. The first-order valence-corrected chi connectivity index (χ1v) is 7.39. The second-order valence-corrected chi connectivity index (χ2v) is 5.63. The predicted molar refractivity (Wildman–Crippen MR) is 85.5 cm³/mol. The molecule has 0 spiro atoms. The minimum atomic E-state index is -0.0243. The maximum Gasteiger partial charge on any atom is 0.322 e. The third-order valence-corrected chi connectivity index (χ3v) is 4.07. The van der Waals surface area contributed by atoms with Crippen molar-refractivity contribution in [2.75, 3.05) is 4.90 Å². The van der Waals surface area contributed by atoms with Crippen molar-refractivity contribution in [3.05, 3.63) is 65.7 Å². The second-order valence-electron chi connectivity index (χ2n) is 5.63. The van der Waals surface area contributed by atoms with Crippen LogP contribution in [0.4, 0.5) is 10.5 Å². The van der Waals surface area contributed by atoms with Gasteiger partial charge in [-0.3, -0.25) is 4.90 Å². The Hall–Kier alpha value is -2.29. The van der Waals surface area contributed by atoms with Crippen molar-refractivity contribution in [1.29, 1.82) is 0 Å². The fourth-order valence-corrected chi connectivity index (χ4v) is 2.95. The molecule has 3 nitrogen and oxygen atoms in total. The van der Waals surface area contributed by atoms with Gasteiger partial charge in [0.05, 0.1) is 6.04 Å². The second kappa shape index (κ2) is 5.60. The number of amides is 2. The highest BCUT2D eigenvalue weighted by molar-refractivity contribution is 5.95. The number of carbonyl (C=O) groups excluding carboxylic acids is 1. The third-order valence-electron chi connectivity index (χ3n) is 4.07. The molecule has 0 saturated carbocycles. The van der Waals surface area contributed by atoms with Gasteiger partial charge in [0.2, 0.25) is 0 Å². The number of hydrogen-bond donors (Lipinski definition) is 1. The largest absolute Gasteiger partial charge is 0.331 e. The fraction of sp³-hybridized carbons (Fsp3) is 0.278. The maximum absolute atomic E-state index is 12.6. The molecule has 1 aliphatic heterocycles. The molecule has 2 aromatic rings. The van der Waals surface area contributed by atoms with E-state index in [0.29, 0.717) is 0 Å². The molecule has 0 aromatic heterocycles. The Balaban J connectivity index is 1.77. The molecule has 0 radical (unpaired) electrons. The number of benzene rings is 2. The standard InChI is InChI=1S/C18H20N2O/c1-13-12-16-10-6-7-11-17(16)20(13)18(21)19-14(2)15-8-4-3-5-9-15/h3-11,13-14H,12H2,1-2H3,(H,19,21). The lowest BCUT2D eigenvalue weighted by Crippen LogP contribution is -2.44. The van der Waals surface area contributed by atoms with E-state index in [0.717, 1.165) is 17.7 Å². The normalized spacial score (nSPS) is 18.2. The Morgan fingerprint density at radius 2 is 1.81 bits per heavy atom. The Bertz CT molecular complexity index is 639. The molecule has 2 unspecified atom stereocenters. The SMILES string of the molecule is CC(NC(=O)N1c2ccccc2CC1C)c1ccccc1. The van der Waals surface area contributed by atoms with Gasteiger partial charge < -0.3 is 5.32 Å². The van der Waals surface area contributed by atoms with Gasteiger partial charge in [-0.05, 0) is 37.5 Å². The van der Waals surface area contributed by atoms with Crippen molar-refractivity contribution in [2.45, 2.75) is 32.4 Å². The van der Waals surface area contributed by atoms with E-state index in [-0.39, 0.29) is 18.1 Å². The Kier molecular flexibility index (Phi) is 3.65. The molecule has 2 aromatic carbocycles. The maximum atomic E-state index is 12.6. The smallest absolute Gasteiger partial charge is 0.322 e. The van der Waals surface area contributed by atoms with Crippen LogP contribution in [0.3, 0.4) is 0 Å². The minimum Gasteiger partial charge on any atom is -0.331 e. The summed E-state index contributed by atoms with van der Waals surface area (Å²) in [6, 6.07) is 18.3. The van der Waals surface area contributed by atoms with Crippen LogP contribution >= 0.6 is 0 Å². The van der Waals surface area contributed by atoms with Crippen LogP contribution in [0.2, 0.25) is 0 Å². The summed E-state index contributed by atoms with van der Waals surface area (Å²) in [6.45, 7) is 4.10. The van der Waals surface area contributed by atoms with E-state index in [1.54, 1.807) is 0 Å². The van der Waals surface area contributed by atoms with E-state index in [4.69, 9.17) is 0 Å². The third kappa shape index (κ3) is 2.64. The molecule has 3 heteroatoms. The lowest BCUT2D eigenvalue weighted by Gasteiger charge is -2.25. The zero-order valence-electron chi connectivity index (χ0n) is 12.4. The molecule has 2 atom stereocenters. The van der Waals surface area contributed by atoms with E-state index in [1.807, 2.05) is 60.4 Å². The van der Waals surface area contributed by atoms with Crippen molar-refractivity contribution in [3.8, 4) is 0 Å².